The van der Waals surface area contributed by atoms with Crippen LogP contribution in [0.2, 0.25) is 0 Å². The van der Waals surface area contributed by atoms with Crippen LogP contribution in [0, 0.1) is 24.7 Å². The number of fused-ring (bicyclic) bond motifs is 1. The number of rotatable bonds is 6. The summed E-state index contributed by atoms with van der Waals surface area (Å²) in [5, 5.41) is 25.0. The molecular weight excluding hydrogens is 388 g/mol. The lowest BCUT2D eigenvalue weighted by Crippen LogP contribution is -2.50. The molecule has 0 amide bonds. The molecule has 1 aromatic heterocycles. The van der Waals surface area contributed by atoms with Gasteiger partial charge < -0.3 is 15.2 Å². The molecule has 1 saturated carbocycles. The van der Waals surface area contributed by atoms with E-state index in [1.54, 1.807) is 11.7 Å². The van der Waals surface area contributed by atoms with E-state index >= 15 is 0 Å². The smallest absolute Gasteiger partial charge is 0.323 e. The van der Waals surface area contributed by atoms with Gasteiger partial charge in [0.2, 0.25) is 0 Å². The number of nitrogens with one attached hydrogen (secondary N) is 1. The second kappa shape index (κ2) is 8.97. The molecule has 0 aromatic carbocycles. The van der Waals surface area contributed by atoms with Crippen molar-refractivity contribution < 1.29 is 19.4 Å². The zero-order chi connectivity index (χ0) is 21.3. The molecule has 3 heterocycles. The van der Waals surface area contributed by atoms with Gasteiger partial charge in [-0.05, 0) is 75.5 Å². The highest BCUT2D eigenvalue weighted by Gasteiger charge is 2.43. The zero-order valence-electron chi connectivity index (χ0n) is 17.7. The molecule has 1 aliphatic carbocycles. The Kier molecular flexibility index (Phi) is 6.33. The minimum Gasteiger partial charge on any atom is -0.480 e. The van der Waals surface area contributed by atoms with Gasteiger partial charge in [-0.2, -0.15) is 4.80 Å². The van der Waals surface area contributed by atoms with Crippen LogP contribution in [0.15, 0.2) is 0 Å². The Labute approximate surface area is 176 Å². The number of piperidine rings is 1. The molecule has 1 aromatic rings. The number of hydrogen-bond acceptors (Lipinski definition) is 8. The molecular formula is C20H32N6O4. The first-order valence-corrected chi connectivity index (χ1v) is 11.1. The summed E-state index contributed by atoms with van der Waals surface area (Å²) < 4.78 is 5.34. The summed E-state index contributed by atoms with van der Waals surface area (Å²) in [6.45, 7) is 6.31. The lowest BCUT2D eigenvalue weighted by Gasteiger charge is -2.42. The summed E-state index contributed by atoms with van der Waals surface area (Å²) in [7, 11) is 0. The van der Waals surface area contributed by atoms with E-state index in [9.17, 15) is 14.7 Å². The first-order chi connectivity index (χ1) is 14.4. The number of carbonyl (C=O) groups is 2. The number of aliphatic carboxylic acids is 1. The van der Waals surface area contributed by atoms with Gasteiger partial charge in [-0.1, -0.05) is 0 Å². The van der Waals surface area contributed by atoms with Crippen LogP contribution in [-0.4, -0.2) is 80.5 Å². The third-order valence-electron chi connectivity index (χ3n) is 7.00. The van der Waals surface area contributed by atoms with E-state index in [1.165, 1.54) is 0 Å². The average molecular weight is 421 g/mol. The van der Waals surface area contributed by atoms with Crippen molar-refractivity contribution >= 4 is 11.9 Å². The molecule has 30 heavy (non-hydrogen) atoms. The Hall–Kier alpha value is -2.07. The normalized spacial score (nSPS) is 34.5. The summed E-state index contributed by atoms with van der Waals surface area (Å²) in [6.07, 6.45) is 4.56. The average Bonchev–Trinajstić information content (AvgIpc) is 3.34. The number of hydrogen-bond donors (Lipinski definition) is 2. The zero-order valence-corrected chi connectivity index (χ0v) is 17.7. The van der Waals surface area contributed by atoms with E-state index in [0.717, 1.165) is 32.4 Å². The van der Waals surface area contributed by atoms with Gasteiger partial charge in [-0.3, -0.25) is 14.5 Å². The fraction of sp³-hybridized carbons (Fsp3) is 0.850. The van der Waals surface area contributed by atoms with Crippen molar-refractivity contribution in [2.75, 3.05) is 26.2 Å². The first-order valence-electron chi connectivity index (χ1n) is 11.1. The number of likely N-dealkylation sites (tertiary alicyclic amines) is 1. The van der Waals surface area contributed by atoms with Crippen molar-refractivity contribution in [3.05, 3.63) is 5.82 Å². The van der Waals surface area contributed by atoms with Crippen LogP contribution >= 0.6 is 0 Å². The Morgan fingerprint density at radius 3 is 2.77 bits per heavy atom. The van der Waals surface area contributed by atoms with Crippen LogP contribution in [0.4, 0.5) is 0 Å². The highest BCUT2D eigenvalue weighted by atomic mass is 16.5. The van der Waals surface area contributed by atoms with Gasteiger partial charge >= 0.3 is 11.9 Å². The molecule has 0 spiro atoms. The summed E-state index contributed by atoms with van der Waals surface area (Å²) >= 11 is 0. The van der Waals surface area contributed by atoms with Crippen LogP contribution in [0.25, 0.3) is 0 Å². The predicted molar refractivity (Wildman–Crippen MR) is 107 cm³/mol. The number of carboxylic acids is 1. The summed E-state index contributed by atoms with van der Waals surface area (Å²) in [5.74, 6) is 1.14. The first kappa shape index (κ1) is 21.2. The van der Waals surface area contributed by atoms with Crippen molar-refractivity contribution in [3.8, 4) is 0 Å². The molecule has 2 saturated heterocycles. The van der Waals surface area contributed by atoms with Gasteiger partial charge in [0.15, 0.2) is 5.82 Å². The van der Waals surface area contributed by atoms with E-state index in [0.29, 0.717) is 49.6 Å². The summed E-state index contributed by atoms with van der Waals surface area (Å²) in [5.41, 5.74) is 0. The Balaban J connectivity index is 1.42. The lowest BCUT2D eigenvalue weighted by atomic mass is 9.69. The Morgan fingerprint density at radius 1 is 1.23 bits per heavy atom. The van der Waals surface area contributed by atoms with Crippen molar-refractivity contribution in [1.29, 1.82) is 0 Å². The van der Waals surface area contributed by atoms with E-state index < -0.39 is 12.0 Å². The number of ether oxygens (including phenoxy) is 1. The largest absolute Gasteiger partial charge is 0.480 e. The maximum Gasteiger partial charge on any atom is 0.323 e. The minimum absolute atomic E-state index is 0.00668. The Morgan fingerprint density at radius 2 is 2.07 bits per heavy atom. The maximum atomic E-state index is 12.6. The molecule has 10 heteroatoms. The molecule has 4 rings (SSSR count). The standard InChI is InChI=1S/C20H32N6O4/c1-3-30-20(29)18-8-16(26-23-12(2)22-24-26)11-25(18)10-13-4-5-14-9-21-17(19(27)28)7-15(14)6-13/h13-18,21H,3-11H2,1-2H3,(H,27,28)/t13?,14-,15?,16-,17?,18-/m0/s1. The van der Waals surface area contributed by atoms with Crippen LogP contribution < -0.4 is 5.32 Å². The number of carboxylic acid groups (broad SMARTS) is 1. The van der Waals surface area contributed by atoms with Gasteiger partial charge in [-0.25, -0.2) is 0 Å². The molecule has 2 N–H and O–H groups in total. The molecule has 6 atom stereocenters. The lowest BCUT2D eigenvalue weighted by molar-refractivity contribution is -0.149. The molecule has 3 unspecified atom stereocenters. The third-order valence-corrected chi connectivity index (χ3v) is 7.00. The molecule has 10 nitrogen and oxygen atoms in total. The highest BCUT2D eigenvalue weighted by Crippen LogP contribution is 2.40. The fourth-order valence-corrected chi connectivity index (χ4v) is 5.53. The number of tetrazole rings is 1. The molecule has 3 fully saturated rings. The fourth-order valence-electron chi connectivity index (χ4n) is 5.53. The van der Waals surface area contributed by atoms with Crippen LogP contribution in [-0.2, 0) is 14.3 Å². The van der Waals surface area contributed by atoms with E-state index in [4.69, 9.17) is 4.74 Å². The number of carbonyl (C=O) groups excluding carboxylic acids is 1. The SMILES string of the molecule is CCOC(=O)[C@@H]1C[C@H](n2nnc(C)n2)CN1CC1CC[C@H]2CNC(C(=O)O)CC2C1. The maximum absolute atomic E-state index is 12.6. The minimum atomic E-state index is -0.754. The van der Waals surface area contributed by atoms with Crippen molar-refractivity contribution in [1.82, 2.24) is 30.4 Å². The van der Waals surface area contributed by atoms with Crippen LogP contribution in [0.3, 0.4) is 0 Å². The number of aryl methyl sites for hydroxylation is 1. The molecule has 166 valence electrons. The number of esters is 1. The number of nitrogens with zero attached hydrogens (tertiary/aromatic N) is 5. The third kappa shape index (κ3) is 4.49. The number of aromatic nitrogens is 4. The summed E-state index contributed by atoms with van der Waals surface area (Å²) in [4.78, 5) is 27.9. The quantitative estimate of drug-likeness (QED) is 0.638. The van der Waals surface area contributed by atoms with Gasteiger partial charge in [0.1, 0.15) is 12.1 Å². The van der Waals surface area contributed by atoms with Gasteiger partial charge in [0, 0.05) is 13.1 Å². The van der Waals surface area contributed by atoms with E-state index in [1.807, 2.05) is 6.92 Å². The molecule has 3 aliphatic rings. The van der Waals surface area contributed by atoms with Crippen molar-refractivity contribution in [2.24, 2.45) is 17.8 Å². The topological polar surface area (TPSA) is 122 Å². The van der Waals surface area contributed by atoms with Gasteiger partial charge in [0.05, 0.1) is 12.6 Å². The molecule has 2 aliphatic heterocycles. The Bertz CT molecular complexity index is 770. The summed E-state index contributed by atoms with van der Waals surface area (Å²) in [6, 6.07) is -0.721. The van der Waals surface area contributed by atoms with Gasteiger partial charge in [0.25, 0.3) is 0 Å². The van der Waals surface area contributed by atoms with Gasteiger partial charge in [-0.15, -0.1) is 10.2 Å². The predicted octanol–water partition coefficient (Wildman–Crippen LogP) is 0.639. The van der Waals surface area contributed by atoms with Crippen LogP contribution in [0.5, 0.6) is 0 Å². The van der Waals surface area contributed by atoms with E-state index in [-0.39, 0.29) is 18.1 Å². The van der Waals surface area contributed by atoms with E-state index in [2.05, 4.69) is 25.6 Å². The molecule has 0 radical (unpaired) electrons. The van der Waals surface area contributed by atoms with Crippen molar-refractivity contribution in [3.63, 3.8) is 0 Å². The molecule has 0 bridgehead atoms. The second-order valence-corrected chi connectivity index (χ2v) is 9.00. The monoisotopic (exact) mass is 420 g/mol. The second-order valence-electron chi connectivity index (χ2n) is 9.00. The highest BCUT2D eigenvalue weighted by molar-refractivity contribution is 5.76. The van der Waals surface area contributed by atoms with Crippen molar-refractivity contribution in [2.45, 2.75) is 64.1 Å². The van der Waals surface area contributed by atoms with Crippen LogP contribution in [0.1, 0.15) is 50.9 Å².